The molecular weight excluding hydrogens is 336 g/mol. The van der Waals surface area contributed by atoms with Gasteiger partial charge < -0.3 is 10.1 Å². The van der Waals surface area contributed by atoms with E-state index in [9.17, 15) is 19.7 Å². The molecule has 0 fully saturated rings. The molecule has 2 aromatic rings. The maximum absolute atomic E-state index is 11.9. The van der Waals surface area contributed by atoms with E-state index in [1.165, 1.54) is 29.8 Å². The molecule has 2 rings (SSSR count). The topological polar surface area (TPSA) is 98.5 Å². The Bertz CT molecular complexity index is 770. The summed E-state index contributed by atoms with van der Waals surface area (Å²) in [6, 6.07) is 12.5. The van der Waals surface area contributed by atoms with Crippen LogP contribution in [0.2, 0.25) is 0 Å². The fraction of sp³-hybridized carbons (Fsp3) is 0.263. The quantitative estimate of drug-likeness (QED) is 0.441. The van der Waals surface area contributed by atoms with Crippen LogP contribution in [0, 0.1) is 10.1 Å². The number of amides is 1. The first-order valence-electron chi connectivity index (χ1n) is 8.30. The third-order valence-electron chi connectivity index (χ3n) is 3.70. The van der Waals surface area contributed by atoms with Gasteiger partial charge in [0, 0.05) is 17.8 Å². The number of nitro groups is 1. The maximum atomic E-state index is 11.9. The molecule has 0 spiro atoms. The summed E-state index contributed by atoms with van der Waals surface area (Å²) in [5.74, 6) is -1.17. The summed E-state index contributed by atoms with van der Waals surface area (Å²) >= 11 is 0. The molecule has 0 bridgehead atoms. The van der Waals surface area contributed by atoms with Gasteiger partial charge in [-0.3, -0.25) is 14.9 Å². The lowest BCUT2D eigenvalue weighted by Crippen LogP contribution is -2.20. The minimum Gasteiger partial charge on any atom is -0.452 e. The molecule has 0 saturated heterocycles. The van der Waals surface area contributed by atoms with Crippen molar-refractivity contribution in [2.75, 3.05) is 11.9 Å². The molecule has 0 radical (unpaired) electrons. The van der Waals surface area contributed by atoms with Crippen molar-refractivity contribution in [2.45, 2.75) is 26.2 Å². The van der Waals surface area contributed by atoms with Gasteiger partial charge in [0.15, 0.2) is 6.61 Å². The van der Waals surface area contributed by atoms with Crippen LogP contribution in [0.4, 0.5) is 11.4 Å². The van der Waals surface area contributed by atoms with Crippen LogP contribution in [0.1, 0.15) is 35.7 Å². The zero-order chi connectivity index (χ0) is 18.9. The monoisotopic (exact) mass is 356 g/mol. The van der Waals surface area contributed by atoms with E-state index in [2.05, 4.69) is 12.2 Å². The van der Waals surface area contributed by atoms with Crippen molar-refractivity contribution in [1.29, 1.82) is 0 Å². The number of esters is 1. The van der Waals surface area contributed by atoms with E-state index in [0.29, 0.717) is 5.69 Å². The highest BCUT2D eigenvalue weighted by Crippen LogP contribution is 2.13. The highest BCUT2D eigenvalue weighted by Gasteiger charge is 2.12. The summed E-state index contributed by atoms with van der Waals surface area (Å²) in [6.45, 7) is 1.69. The van der Waals surface area contributed by atoms with Crippen LogP contribution in [-0.4, -0.2) is 23.4 Å². The fourth-order valence-electron chi connectivity index (χ4n) is 2.27. The number of nitrogens with one attached hydrogen (secondary N) is 1. The van der Waals surface area contributed by atoms with E-state index in [0.717, 1.165) is 19.3 Å². The standard InChI is InChI=1S/C19H20N2O5/c1-2-3-4-14-5-9-16(10-6-14)20-18(22)13-26-19(23)15-7-11-17(12-8-15)21(24)25/h5-12H,2-4,13H2,1H3,(H,20,22). The number of unbranched alkanes of at least 4 members (excludes halogenated alkanes) is 1. The SMILES string of the molecule is CCCCc1ccc(NC(=O)COC(=O)c2ccc([N+](=O)[O-])cc2)cc1. The first kappa shape index (κ1) is 19.1. The molecular formula is C19H20N2O5. The van der Waals surface area contributed by atoms with Crippen LogP contribution in [0.15, 0.2) is 48.5 Å². The van der Waals surface area contributed by atoms with Crippen molar-refractivity contribution in [3.05, 3.63) is 69.8 Å². The van der Waals surface area contributed by atoms with Gasteiger partial charge in [-0.25, -0.2) is 4.79 Å². The van der Waals surface area contributed by atoms with Crippen LogP contribution in [0.3, 0.4) is 0 Å². The molecule has 7 heteroatoms. The Hall–Kier alpha value is -3.22. The van der Waals surface area contributed by atoms with Crippen molar-refractivity contribution in [1.82, 2.24) is 0 Å². The van der Waals surface area contributed by atoms with Gasteiger partial charge in [-0.15, -0.1) is 0 Å². The van der Waals surface area contributed by atoms with E-state index in [-0.39, 0.29) is 11.3 Å². The van der Waals surface area contributed by atoms with Crippen LogP contribution in [0.5, 0.6) is 0 Å². The lowest BCUT2D eigenvalue weighted by molar-refractivity contribution is -0.384. The molecule has 0 aliphatic heterocycles. The predicted octanol–water partition coefficient (Wildman–Crippen LogP) is 3.73. The highest BCUT2D eigenvalue weighted by molar-refractivity contribution is 5.95. The third-order valence-corrected chi connectivity index (χ3v) is 3.70. The van der Waals surface area contributed by atoms with Gasteiger partial charge in [0.25, 0.3) is 11.6 Å². The highest BCUT2D eigenvalue weighted by atomic mass is 16.6. The molecule has 26 heavy (non-hydrogen) atoms. The van der Waals surface area contributed by atoms with Gasteiger partial charge in [0.05, 0.1) is 10.5 Å². The Morgan fingerprint density at radius 1 is 1.08 bits per heavy atom. The molecule has 0 aromatic heterocycles. The Balaban J connectivity index is 1.82. The van der Waals surface area contributed by atoms with Crippen LogP contribution in [-0.2, 0) is 16.0 Å². The van der Waals surface area contributed by atoms with E-state index in [1.807, 2.05) is 12.1 Å². The molecule has 1 amide bonds. The number of aryl methyl sites for hydroxylation is 1. The average molecular weight is 356 g/mol. The van der Waals surface area contributed by atoms with E-state index in [4.69, 9.17) is 4.74 Å². The zero-order valence-electron chi connectivity index (χ0n) is 14.4. The molecule has 0 aliphatic carbocycles. The summed E-state index contributed by atoms with van der Waals surface area (Å²) in [5, 5.41) is 13.2. The number of hydrogen-bond acceptors (Lipinski definition) is 5. The third kappa shape index (κ3) is 5.70. The second kappa shape index (κ2) is 9.31. The van der Waals surface area contributed by atoms with Crippen molar-refractivity contribution in [2.24, 2.45) is 0 Å². The molecule has 0 heterocycles. The van der Waals surface area contributed by atoms with E-state index >= 15 is 0 Å². The maximum Gasteiger partial charge on any atom is 0.338 e. The molecule has 0 saturated carbocycles. The Labute approximate surface area is 151 Å². The van der Waals surface area contributed by atoms with Crippen LogP contribution in [0.25, 0.3) is 0 Å². The molecule has 2 aromatic carbocycles. The van der Waals surface area contributed by atoms with E-state index in [1.54, 1.807) is 12.1 Å². The van der Waals surface area contributed by atoms with Crippen molar-refractivity contribution >= 4 is 23.3 Å². The fourth-order valence-corrected chi connectivity index (χ4v) is 2.27. The molecule has 0 unspecified atom stereocenters. The lowest BCUT2D eigenvalue weighted by atomic mass is 10.1. The number of benzene rings is 2. The first-order chi connectivity index (χ1) is 12.5. The second-order valence-electron chi connectivity index (χ2n) is 5.73. The number of ether oxygens (including phenoxy) is 1. The number of carbonyl (C=O) groups excluding carboxylic acids is 2. The first-order valence-corrected chi connectivity index (χ1v) is 8.30. The number of nitro benzene ring substituents is 1. The number of nitrogens with zero attached hydrogens (tertiary/aromatic N) is 1. The Kier molecular flexibility index (Phi) is 6.84. The van der Waals surface area contributed by atoms with Gasteiger partial charge in [-0.1, -0.05) is 25.5 Å². The van der Waals surface area contributed by atoms with Crippen LogP contribution >= 0.6 is 0 Å². The van der Waals surface area contributed by atoms with Crippen molar-refractivity contribution in [3.8, 4) is 0 Å². The molecule has 0 atom stereocenters. The predicted molar refractivity (Wildman–Crippen MR) is 97.1 cm³/mol. The molecule has 1 N–H and O–H groups in total. The Morgan fingerprint density at radius 2 is 1.73 bits per heavy atom. The van der Waals surface area contributed by atoms with Gasteiger partial charge >= 0.3 is 5.97 Å². The van der Waals surface area contributed by atoms with Gasteiger partial charge in [-0.2, -0.15) is 0 Å². The lowest BCUT2D eigenvalue weighted by Gasteiger charge is -2.07. The minimum atomic E-state index is -0.718. The van der Waals surface area contributed by atoms with Gasteiger partial charge in [-0.05, 0) is 42.7 Å². The minimum absolute atomic E-state index is 0.123. The van der Waals surface area contributed by atoms with Gasteiger partial charge in [0.1, 0.15) is 0 Å². The zero-order valence-corrected chi connectivity index (χ0v) is 14.4. The number of anilines is 1. The Morgan fingerprint density at radius 3 is 2.31 bits per heavy atom. The number of hydrogen-bond donors (Lipinski definition) is 1. The average Bonchev–Trinajstić information content (AvgIpc) is 2.65. The molecule has 0 aliphatic rings. The summed E-state index contributed by atoms with van der Waals surface area (Å²) in [4.78, 5) is 33.7. The number of non-ortho nitro benzene ring substituents is 1. The largest absolute Gasteiger partial charge is 0.452 e. The second-order valence-corrected chi connectivity index (χ2v) is 5.73. The van der Waals surface area contributed by atoms with E-state index < -0.39 is 23.4 Å². The summed E-state index contributed by atoms with van der Waals surface area (Å²) in [6.07, 6.45) is 3.24. The smallest absolute Gasteiger partial charge is 0.338 e. The summed E-state index contributed by atoms with van der Waals surface area (Å²) in [5.41, 5.74) is 1.85. The number of carbonyl (C=O) groups is 2. The molecule has 7 nitrogen and oxygen atoms in total. The van der Waals surface area contributed by atoms with Gasteiger partial charge in [0.2, 0.25) is 0 Å². The number of rotatable bonds is 8. The van der Waals surface area contributed by atoms with Crippen molar-refractivity contribution < 1.29 is 19.2 Å². The summed E-state index contributed by atoms with van der Waals surface area (Å²) in [7, 11) is 0. The van der Waals surface area contributed by atoms with Crippen molar-refractivity contribution in [3.63, 3.8) is 0 Å². The normalized spacial score (nSPS) is 10.2. The summed E-state index contributed by atoms with van der Waals surface area (Å²) < 4.78 is 4.92. The molecule has 136 valence electrons. The van der Waals surface area contributed by atoms with Crippen LogP contribution < -0.4 is 5.32 Å².